The molecule has 0 saturated heterocycles. The minimum atomic E-state index is -0.529. The van der Waals surface area contributed by atoms with Crippen molar-refractivity contribution in [1.82, 2.24) is 0 Å². The molecule has 2 nitrogen and oxygen atoms in total. The van der Waals surface area contributed by atoms with E-state index in [0.29, 0.717) is 0 Å². The third-order valence-corrected chi connectivity index (χ3v) is 18.5. The highest BCUT2D eigenvalue weighted by Crippen LogP contribution is 2.67. The predicted molar refractivity (Wildman–Crippen MR) is 306 cm³/mol. The molecule has 2 aliphatic carbocycles. The first-order valence-electron chi connectivity index (χ1n) is 25.6. The van der Waals surface area contributed by atoms with Gasteiger partial charge >= 0.3 is 6.85 Å². The molecular formula is C68H49BN2S. The van der Waals surface area contributed by atoms with Crippen molar-refractivity contribution < 1.29 is 0 Å². The van der Waals surface area contributed by atoms with Gasteiger partial charge in [-0.05, 0) is 125 Å². The van der Waals surface area contributed by atoms with Crippen LogP contribution in [0.15, 0.2) is 206 Å². The van der Waals surface area contributed by atoms with Crippen molar-refractivity contribution in [2.45, 2.75) is 50.9 Å². The Bertz CT molecular complexity index is 4160. The molecule has 3 aliphatic heterocycles. The zero-order valence-electron chi connectivity index (χ0n) is 41.0. The van der Waals surface area contributed by atoms with Crippen LogP contribution in [0.5, 0.6) is 0 Å². The summed E-state index contributed by atoms with van der Waals surface area (Å²) in [7, 11) is 0. The van der Waals surface area contributed by atoms with Crippen LogP contribution in [-0.4, -0.2) is 6.85 Å². The molecule has 0 atom stereocenters. The Kier molecular flexibility index (Phi) is 7.89. The maximum absolute atomic E-state index is 2.81. The second-order valence-electron chi connectivity index (χ2n) is 22.3. The van der Waals surface area contributed by atoms with Crippen LogP contribution in [0.1, 0.15) is 73.6 Å². The van der Waals surface area contributed by atoms with Gasteiger partial charge in [0.25, 0.3) is 0 Å². The first-order valence-corrected chi connectivity index (χ1v) is 26.4. The fraction of sp³-hybridized carbons (Fsp3) is 0.118. The highest BCUT2D eigenvalue weighted by Gasteiger charge is 2.57. The van der Waals surface area contributed by atoms with Gasteiger partial charge in [0.05, 0.1) is 16.8 Å². The van der Waals surface area contributed by atoms with Crippen LogP contribution >= 0.6 is 11.3 Å². The SMILES string of the molecule is CC(C)(C)c1ccc(N2c3cc4c(c5c3B(c3ccc6sc7ccccc7c6c32)N2c3ccccc3C3(c6ccccc6-c6ccccc63)c3cccc-5c32)C(C)(C)c2ccccc2-4)c(-c2ccccc2)c1. The molecule has 1 aromatic heterocycles. The van der Waals surface area contributed by atoms with E-state index >= 15 is 0 Å². The van der Waals surface area contributed by atoms with E-state index in [2.05, 4.69) is 251 Å². The Morgan fingerprint density at radius 1 is 0.458 bits per heavy atom. The summed E-state index contributed by atoms with van der Waals surface area (Å²) in [4.78, 5) is 5.53. The fourth-order valence-electron chi connectivity index (χ4n) is 14.5. The Labute approximate surface area is 425 Å². The van der Waals surface area contributed by atoms with Gasteiger partial charge in [-0.3, -0.25) is 0 Å². The molecule has 0 saturated carbocycles. The molecule has 4 heterocycles. The van der Waals surface area contributed by atoms with Gasteiger partial charge in [-0.25, -0.2) is 0 Å². The molecular weight excluding hydrogens is 888 g/mol. The molecule has 0 N–H and O–H groups in total. The van der Waals surface area contributed by atoms with Crippen molar-refractivity contribution in [3.8, 4) is 44.5 Å². The van der Waals surface area contributed by atoms with E-state index in [-0.39, 0.29) is 17.7 Å². The summed E-state index contributed by atoms with van der Waals surface area (Å²) < 4.78 is 2.61. The number of benzene rings is 10. The monoisotopic (exact) mass is 936 g/mol. The largest absolute Gasteiger partial charge is 0.376 e. The molecule has 0 unspecified atom stereocenters. The average Bonchev–Trinajstić information content (AvgIpc) is 4.03. The lowest BCUT2D eigenvalue weighted by atomic mass is 9.41. The number of anilines is 5. The van der Waals surface area contributed by atoms with Crippen LogP contribution in [0.4, 0.5) is 28.4 Å². The maximum Gasteiger partial charge on any atom is 0.333 e. The summed E-state index contributed by atoms with van der Waals surface area (Å²) in [5.74, 6) is 0. The quantitative estimate of drug-likeness (QED) is 0.159. The average molecular weight is 937 g/mol. The van der Waals surface area contributed by atoms with Crippen LogP contribution in [0, 0.1) is 0 Å². The Morgan fingerprint density at radius 3 is 1.83 bits per heavy atom. The zero-order valence-corrected chi connectivity index (χ0v) is 41.8. The van der Waals surface area contributed by atoms with Crippen molar-refractivity contribution in [2.75, 3.05) is 9.71 Å². The number of para-hydroxylation sites is 2. The molecule has 10 aromatic carbocycles. The van der Waals surface area contributed by atoms with E-state index in [1.165, 1.54) is 143 Å². The van der Waals surface area contributed by atoms with Gasteiger partial charge in [-0.1, -0.05) is 204 Å². The van der Waals surface area contributed by atoms with Crippen LogP contribution in [0.3, 0.4) is 0 Å². The van der Waals surface area contributed by atoms with Gasteiger partial charge in [0.2, 0.25) is 0 Å². The van der Waals surface area contributed by atoms with Crippen molar-refractivity contribution >= 4 is 77.7 Å². The van der Waals surface area contributed by atoms with Crippen LogP contribution in [-0.2, 0) is 16.2 Å². The molecule has 16 rings (SSSR count). The van der Waals surface area contributed by atoms with Crippen molar-refractivity contribution in [2.24, 2.45) is 0 Å². The lowest BCUT2D eigenvalue weighted by molar-refractivity contribution is 0.590. The Balaban J connectivity index is 1.12. The number of rotatable bonds is 2. The molecule has 0 radical (unpaired) electrons. The van der Waals surface area contributed by atoms with Gasteiger partial charge in [-0.15, -0.1) is 11.3 Å². The summed E-state index contributed by atoms with van der Waals surface area (Å²) in [5, 5.41) is 2.62. The lowest BCUT2D eigenvalue weighted by Crippen LogP contribution is -2.63. The normalized spacial score (nSPS) is 15.4. The molecule has 0 fully saturated rings. The van der Waals surface area contributed by atoms with Crippen molar-refractivity contribution in [3.63, 3.8) is 0 Å². The molecule has 4 heteroatoms. The summed E-state index contributed by atoms with van der Waals surface area (Å²) in [6, 6.07) is 79.6. The summed E-state index contributed by atoms with van der Waals surface area (Å²) in [6.07, 6.45) is 0. The highest BCUT2D eigenvalue weighted by molar-refractivity contribution is 7.26. The topological polar surface area (TPSA) is 6.48 Å². The van der Waals surface area contributed by atoms with Gasteiger partial charge in [-0.2, -0.15) is 0 Å². The fourth-order valence-corrected chi connectivity index (χ4v) is 15.6. The molecule has 5 aliphatic rings. The number of fused-ring (bicyclic) bond motifs is 21. The van der Waals surface area contributed by atoms with E-state index in [4.69, 9.17) is 0 Å². The van der Waals surface area contributed by atoms with E-state index in [1.807, 2.05) is 11.3 Å². The minimum Gasteiger partial charge on any atom is -0.376 e. The van der Waals surface area contributed by atoms with Crippen molar-refractivity contribution in [3.05, 3.63) is 245 Å². The smallest absolute Gasteiger partial charge is 0.333 e. The number of hydrogen-bond acceptors (Lipinski definition) is 3. The number of thiophene rings is 1. The second kappa shape index (κ2) is 13.9. The summed E-state index contributed by atoms with van der Waals surface area (Å²) in [6.45, 7) is 11.8. The summed E-state index contributed by atoms with van der Waals surface area (Å²) >= 11 is 1.91. The van der Waals surface area contributed by atoms with Crippen molar-refractivity contribution in [1.29, 1.82) is 0 Å². The lowest BCUT2D eigenvalue weighted by Gasteiger charge is -2.53. The van der Waals surface area contributed by atoms with Gasteiger partial charge in [0.15, 0.2) is 0 Å². The molecule has 1 spiro atoms. The Hall–Kier alpha value is -7.92. The number of hydrogen-bond donors (Lipinski definition) is 0. The van der Waals surface area contributed by atoms with Crippen LogP contribution in [0.25, 0.3) is 64.7 Å². The van der Waals surface area contributed by atoms with Crippen LogP contribution < -0.4 is 20.6 Å². The molecule has 11 aromatic rings. The predicted octanol–water partition coefficient (Wildman–Crippen LogP) is 16.7. The maximum atomic E-state index is 2.81. The van der Waals surface area contributed by atoms with Crippen LogP contribution in [0.2, 0.25) is 0 Å². The highest BCUT2D eigenvalue weighted by atomic mass is 32.1. The molecule has 340 valence electrons. The van der Waals surface area contributed by atoms with E-state index in [9.17, 15) is 0 Å². The molecule has 72 heavy (non-hydrogen) atoms. The number of nitrogens with zero attached hydrogens (tertiary/aromatic N) is 2. The minimum absolute atomic E-state index is 0.0490. The first kappa shape index (κ1) is 40.8. The van der Waals surface area contributed by atoms with E-state index < -0.39 is 5.41 Å². The van der Waals surface area contributed by atoms with E-state index in [1.54, 1.807) is 0 Å². The third kappa shape index (κ3) is 4.92. The van der Waals surface area contributed by atoms with Gasteiger partial charge in [0.1, 0.15) is 0 Å². The zero-order chi connectivity index (χ0) is 48.0. The molecule has 0 bridgehead atoms. The second-order valence-corrected chi connectivity index (χ2v) is 23.4. The molecule has 0 amide bonds. The van der Waals surface area contributed by atoms with Gasteiger partial charge < -0.3 is 9.71 Å². The Morgan fingerprint density at radius 2 is 1.08 bits per heavy atom. The van der Waals surface area contributed by atoms with E-state index in [0.717, 1.165) is 0 Å². The van der Waals surface area contributed by atoms with Gasteiger partial charge in [0, 0.05) is 53.8 Å². The summed E-state index contributed by atoms with van der Waals surface area (Å²) in [5.41, 5.74) is 28.2. The standard InChI is InChI=1S/C68H49BN2S/c1-66(2,3)41-34-36-55(47(38-41)40-20-7-6-8-21-40)70-57-39-48-44-24-9-13-27-49(44)67(4,5)62(48)61-46-26-19-31-53-64(46)71(69(63(57)61)54-35-37-59-60(65(54)70)45-25-12-18-33-58(45)72-59)56-32-17-16-30-52(56)68(53)50-28-14-10-22-42(50)43-23-11-15-29-51(43)68/h6-39H,1-5H3. The first-order chi connectivity index (χ1) is 35.2. The third-order valence-electron chi connectivity index (χ3n) is 17.4.